The van der Waals surface area contributed by atoms with Crippen LogP contribution in [0.5, 0.6) is 5.75 Å². The number of nitro benzene ring substituents is 1. The molecule has 2 heterocycles. The molecule has 0 bridgehead atoms. The number of carbonyl (C=O) groups is 1. The summed E-state index contributed by atoms with van der Waals surface area (Å²) in [5.74, 6) is -0.651. The predicted molar refractivity (Wildman–Crippen MR) is 125 cm³/mol. The Bertz CT molecular complexity index is 1350. The number of benzene rings is 2. The van der Waals surface area contributed by atoms with E-state index >= 15 is 0 Å². The van der Waals surface area contributed by atoms with Gasteiger partial charge in [0.05, 0.1) is 21.4 Å². The van der Waals surface area contributed by atoms with E-state index in [0.29, 0.717) is 29.6 Å². The van der Waals surface area contributed by atoms with E-state index in [1.54, 1.807) is 24.4 Å². The van der Waals surface area contributed by atoms with Gasteiger partial charge in [-0.25, -0.2) is 8.42 Å². The fraction of sp³-hybridized carbons (Fsp3) is 0.348. The molecule has 2 aromatic carbocycles. The Morgan fingerprint density at radius 1 is 1.24 bits per heavy atom. The summed E-state index contributed by atoms with van der Waals surface area (Å²) in [6, 6.07) is 10.6. The van der Waals surface area contributed by atoms with Gasteiger partial charge < -0.3 is 14.4 Å². The first-order chi connectivity index (χ1) is 16.1. The van der Waals surface area contributed by atoms with Crippen molar-refractivity contribution in [2.45, 2.75) is 43.7 Å². The van der Waals surface area contributed by atoms with Crippen molar-refractivity contribution in [3.63, 3.8) is 0 Å². The molecule has 10 nitrogen and oxygen atoms in total. The van der Waals surface area contributed by atoms with Crippen LogP contribution in [-0.4, -0.2) is 52.5 Å². The molecule has 11 heteroatoms. The largest absolute Gasteiger partial charge is 0.491 e. The molecule has 4 rings (SSSR count). The zero-order valence-electron chi connectivity index (χ0n) is 18.7. The summed E-state index contributed by atoms with van der Waals surface area (Å²) in [5, 5.41) is 21.2. The number of aromatic nitrogens is 1. The number of nitro groups is 1. The molecule has 1 N–H and O–H groups in total. The number of hydrogen-bond donors (Lipinski definition) is 1. The molecule has 1 saturated heterocycles. The van der Waals surface area contributed by atoms with Crippen molar-refractivity contribution < 1.29 is 28.0 Å². The molecular weight excluding hydrogens is 462 g/mol. The highest BCUT2D eigenvalue weighted by Gasteiger charge is 2.34. The van der Waals surface area contributed by atoms with Crippen molar-refractivity contribution in [2.75, 3.05) is 13.1 Å². The van der Waals surface area contributed by atoms with Gasteiger partial charge in [-0.1, -0.05) is 0 Å². The minimum Gasteiger partial charge on any atom is -0.491 e. The minimum atomic E-state index is -3.72. The zero-order valence-corrected chi connectivity index (χ0v) is 19.6. The van der Waals surface area contributed by atoms with E-state index in [-0.39, 0.29) is 35.7 Å². The van der Waals surface area contributed by atoms with Crippen molar-refractivity contribution in [1.82, 2.24) is 8.87 Å². The van der Waals surface area contributed by atoms with Crippen molar-refractivity contribution >= 4 is 32.6 Å². The van der Waals surface area contributed by atoms with Gasteiger partial charge in [-0.05, 0) is 56.2 Å². The maximum Gasteiger partial charge on any atom is 0.323 e. The van der Waals surface area contributed by atoms with Crippen LogP contribution in [0.2, 0.25) is 0 Å². The molecule has 3 aromatic rings. The summed E-state index contributed by atoms with van der Waals surface area (Å²) in [7, 11) is -3.72. The second-order valence-corrected chi connectivity index (χ2v) is 10.5. The topological polar surface area (TPSA) is 132 Å². The molecule has 1 aliphatic rings. The van der Waals surface area contributed by atoms with Gasteiger partial charge in [-0.15, -0.1) is 0 Å². The molecule has 1 atom stereocenters. The molecule has 1 aromatic heterocycles. The molecule has 180 valence electrons. The van der Waals surface area contributed by atoms with Gasteiger partial charge in [-0.2, -0.15) is 4.31 Å². The highest BCUT2D eigenvalue weighted by molar-refractivity contribution is 7.89. The third-order valence-corrected chi connectivity index (χ3v) is 7.72. The first-order valence-electron chi connectivity index (χ1n) is 10.8. The second kappa shape index (κ2) is 9.07. The van der Waals surface area contributed by atoms with Crippen LogP contribution in [0, 0.1) is 10.1 Å². The monoisotopic (exact) mass is 487 g/mol. The van der Waals surface area contributed by atoms with E-state index in [2.05, 4.69) is 0 Å². The second-order valence-electron chi connectivity index (χ2n) is 8.55. The third-order valence-electron chi connectivity index (χ3n) is 5.84. The Labute approximate surface area is 196 Å². The lowest BCUT2D eigenvalue weighted by Crippen LogP contribution is -2.28. The Balaban J connectivity index is 1.62. The number of carboxylic acids is 1. The number of hydrogen-bond acceptors (Lipinski definition) is 6. The van der Waals surface area contributed by atoms with Gasteiger partial charge in [0, 0.05) is 42.7 Å². The average molecular weight is 488 g/mol. The summed E-state index contributed by atoms with van der Waals surface area (Å²) < 4.78 is 34.9. The molecule has 0 saturated carbocycles. The summed E-state index contributed by atoms with van der Waals surface area (Å²) in [6.07, 6.45) is 2.20. The maximum atomic E-state index is 13.2. The molecule has 0 aliphatic carbocycles. The molecular formula is C23H25N3O7S. The normalized spacial score (nSPS) is 16.9. The number of fused-ring (bicyclic) bond motifs is 1. The molecule has 1 unspecified atom stereocenters. The number of aliphatic carboxylic acids is 1. The van der Waals surface area contributed by atoms with Gasteiger partial charge in [-0.3, -0.25) is 14.9 Å². The lowest BCUT2D eigenvalue weighted by Gasteiger charge is -2.17. The molecule has 34 heavy (non-hydrogen) atoms. The molecule has 0 spiro atoms. The van der Waals surface area contributed by atoms with Crippen LogP contribution in [0.25, 0.3) is 10.9 Å². The van der Waals surface area contributed by atoms with Crippen LogP contribution in [-0.2, 0) is 21.4 Å². The van der Waals surface area contributed by atoms with Gasteiger partial charge in [0.15, 0.2) is 0 Å². The van der Waals surface area contributed by atoms with Crippen LogP contribution < -0.4 is 4.74 Å². The van der Waals surface area contributed by atoms with Crippen molar-refractivity contribution in [1.29, 1.82) is 0 Å². The minimum absolute atomic E-state index is 0.0218. The van der Waals surface area contributed by atoms with E-state index in [1.165, 1.54) is 33.1 Å². The number of ether oxygens (including phenoxy) is 1. The molecule has 0 radical (unpaired) electrons. The summed E-state index contributed by atoms with van der Waals surface area (Å²) >= 11 is 0. The Hall–Kier alpha value is -3.44. The van der Waals surface area contributed by atoms with Crippen LogP contribution in [0.4, 0.5) is 5.69 Å². The number of sulfonamides is 1. The summed E-state index contributed by atoms with van der Waals surface area (Å²) in [6.45, 7) is 3.98. The number of carboxylic acid groups (broad SMARTS) is 1. The van der Waals surface area contributed by atoms with Gasteiger partial charge >= 0.3 is 5.97 Å². The van der Waals surface area contributed by atoms with Gasteiger partial charge in [0.1, 0.15) is 12.3 Å². The molecule has 1 aliphatic heterocycles. The van der Waals surface area contributed by atoms with Crippen molar-refractivity contribution in [3.05, 3.63) is 64.3 Å². The lowest BCUT2D eigenvalue weighted by atomic mass is 9.98. The van der Waals surface area contributed by atoms with E-state index in [1.807, 2.05) is 13.8 Å². The quantitative estimate of drug-likeness (QED) is 0.379. The van der Waals surface area contributed by atoms with Crippen LogP contribution in [0.15, 0.2) is 53.6 Å². The average Bonchev–Trinajstić information content (AvgIpc) is 3.39. The lowest BCUT2D eigenvalue weighted by molar-refractivity contribution is -0.384. The first kappa shape index (κ1) is 23.7. The number of rotatable bonds is 8. The number of nitrogens with zero attached hydrogens (tertiary/aromatic N) is 3. The van der Waals surface area contributed by atoms with Crippen LogP contribution >= 0.6 is 0 Å². The number of non-ortho nitro benzene ring substituents is 1. The Kier molecular flexibility index (Phi) is 6.32. The van der Waals surface area contributed by atoms with Gasteiger partial charge in [0.2, 0.25) is 10.0 Å². The van der Waals surface area contributed by atoms with Crippen LogP contribution in [0.1, 0.15) is 31.7 Å². The summed E-state index contributed by atoms with van der Waals surface area (Å²) in [5.41, 5.74) is 1.09. The fourth-order valence-electron chi connectivity index (χ4n) is 4.34. The van der Waals surface area contributed by atoms with E-state index < -0.39 is 20.9 Å². The zero-order chi connectivity index (χ0) is 24.6. The van der Waals surface area contributed by atoms with E-state index in [4.69, 9.17) is 4.74 Å². The highest BCUT2D eigenvalue weighted by atomic mass is 32.2. The smallest absolute Gasteiger partial charge is 0.323 e. The van der Waals surface area contributed by atoms with E-state index in [9.17, 15) is 28.4 Å². The highest BCUT2D eigenvalue weighted by Crippen LogP contribution is 2.37. The first-order valence-corrected chi connectivity index (χ1v) is 12.3. The summed E-state index contributed by atoms with van der Waals surface area (Å²) in [4.78, 5) is 22.2. The van der Waals surface area contributed by atoms with E-state index in [0.717, 1.165) is 5.56 Å². The fourth-order valence-corrected chi connectivity index (χ4v) is 5.84. The predicted octanol–water partition coefficient (Wildman–Crippen LogP) is 3.60. The Morgan fingerprint density at radius 2 is 1.94 bits per heavy atom. The SMILES string of the molecule is CC(C)Oc1ccc(S(=O)(=O)N2CCC(c3cn(CC(=O)O)c4cc([N+](=O)[O-])ccc34)C2)cc1. The maximum absolute atomic E-state index is 13.2. The van der Waals surface area contributed by atoms with Crippen LogP contribution in [0.3, 0.4) is 0 Å². The van der Waals surface area contributed by atoms with Gasteiger partial charge in [0.25, 0.3) is 5.69 Å². The standard InChI is InChI=1S/C23H25N3O7S/c1-15(2)33-18-4-6-19(7-5-18)34(31,32)25-10-9-16(12-25)21-13-24(14-23(27)28)22-11-17(26(29)30)3-8-20(21)22/h3-8,11,13,15-16H,9-10,12,14H2,1-2H3,(H,27,28). The van der Waals surface area contributed by atoms with Crippen molar-refractivity contribution in [2.24, 2.45) is 0 Å². The van der Waals surface area contributed by atoms with Crippen molar-refractivity contribution in [3.8, 4) is 5.75 Å². The Morgan fingerprint density at radius 3 is 2.56 bits per heavy atom. The third kappa shape index (κ3) is 4.62. The molecule has 0 amide bonds. The molecule has 1 fully saturated rings.